The topological polar surface area (TPSA) is 34.4 Å². The van der Waals surface area contributed by atoms with Gasteiger partial charge in [-0.3, -0.25) is 0 Å². The molecule has 0 aliphatic heterocycles. The predicted octanol–water partition coefficient (Wildman–Crippen LogP) is 3.15. The summed E-state index contributed by atoms with van der Waals surface area (Å²) in [7, 11) is 1.92. The molecule has 0 saturated heterocycles. The third kappa shape index (κ3) is 4.89. The first-order valence-corrected chi connectivity index (χ1v) is 6.71. The zero-order valence-corrected chi connectivity index (χ0v) is 11.4. The van der Waals surface area contributed by atoms with Gasteiger partial charge in [0.1, 0.15) is 12.4 Å². The first kappa shape index (κ1) is 13.8. The summed E-state index contributed by atoms with van der Waals surface area (Å²) in [5.41, 5.74) is 2.52. The highest BCUT2D eigenvalue weighted by molar-refractivity contribution is 5.14. The van der Waals surface area contributed by atoms with E-state index in [1.807, 2.05) is 19.2 Å². The summed E-state index contributed by atoms with van der Waals surface area (Å²) >= 11 is 0. The van der Waals surface area contributed by atoms with Crippen LogP contribution in [0.15, 0.2) is 47.1 Å². The van der Waals surface area contributed by atoms with Crippen molar-refractivity contribution in [2.75, 3.05) is 13.7 Å². The van der Waals surface area contributed by atoms with Crippen molar-refractivity contribution in [2.24, 2.45) is 0 Å². The van der Waals surface area contributed by atoms with Crippen LogP contribution in [0.5, 0.6) is 0 Å². The van der Waals surface area contributed by atoms with E-state index in [0.29, 0.717) is 6.61 Å². The summed E-state index contributed by atoms with van der Waals surface area (Å²) < 4.78 is 11.0. The molecule has 1 N–H and O–H groups in total. The molecule has 0 bridgehead atoms. The summed E-state index contributed by atoms with van der Waals surface area (Å²) in [6, 6.07) is 12.5. The van der Waals surface area contributed by atoms with Gasteiger partial charge < -0.3 is 14.5 Å². The van der Waals surface area contributed by atoms with E-state index in [0.717, 1.165) is 37.3 Å². The van der Waals surface area contributed by atoms with Crippen molar-refractivity contribution in [1.82, 2.24) is 5.32 Å². The van der Waals surface area contributed by atoms with E-state index in [4.69, 9.17) is 9.15 Å². The second-order valence-electron chi connectivity index (χ2n) is 4.59. The van der Waals surface area contributed by atoms with Gasteiger partial charge in [0.05, 0.1) is 6.26 Å². The van der Waals surface area contributed by atoms with Crippen molar-refractivity contribution in [3.05, 3.63) is 59.5 Å². The molecule has 2 aromatic rings. The molecule has 0 radical (unpaired) electrons. The maximum Gasteiger partial charge on any atom is 0.129 e. The van der Waals surface area contributed by atoms with Crippen LogP contribution in [-0.4, -0.2) is 13.7 Å². The zero-order chi connectivity index (χ0) is 13.3. The lowest BCUT2D eigenvalue weighted by molar-refractivity contribution is 0.104. The van der Waals surface area contributed by atoms with Gasteiger partial charge in [0, 0.05) is 18.7 Å². The standard InChI is InChI=1S/C16H21NO2/c1-17-11-15-10-16(19-12-15)13-18-9-5-8-14-6-3-2-4-7-14/h2-4,6-7,10,12,17H,5,8-9,11,13H2,1H3. The number of benzene rings is 1. The molecule has 0 unspecified atom stereocenters. The van der Waals surface area contributed by atoms with Crippen LogP contribution in [0.3, 0.4) is 0 Å². The molecule has 1 aromatic heterocycles. The van der Waals surface area contributed by atoms with E-state index < -0.39 is 0 Å². The van der Waals surface area contributed by atoms with Gasteiger partial charge >= 0.3 is 0 Å². The van der Waals surface area contributed by atoms with Crippen LogP contribution >= 0.6 is 0 Å². The van der Waals surface area contributed by atoms with E-state index in [1.165, 1.54) is 5.56 Å². The molecule has 0 amide bonds. The smallest absolute Gasteiger partial charge is 0.129 e. The van der Waals surface area contributed by atoms with Gasteiger partial charge in [-0.05, 0) is 31.5 Å². The fourth-order valence-corrected chi connectivity index (χ4v) is 1.99. The molecule has 0 fully saturated rings. The lowest BCUT2D eigenvalue weighted by atomic mass is 10.1. The molecule has 1 heterocycles. The fraction of sp³-hybridized carbons (Fsp3) is 0.375. The van der Waals surface area contributed by atoms with Gasteiger partial charge in [-0.1, -0.05) is 30.3 Å². The molecule has 3 heteroatoms. The highest BCUT2D eigenvalue weighted by Gasteiger charge is 2.01. The van der Waals surface area contributed by atoms with Crippen LogP contribution < -0.4 is 5.32 Å². The Bertz CT molecular complexity index is 465. The van der Waals surface area contributed by atoms with Crippen LogP contribution in [0.4, 0.5) is 0 Å². The van der Waals surface area contributed by atoms with Gasteiger partial charge in [-0.25, -0.2) is 0 Å². The first-order chi connectivity index (χ1) is 9.38. The van der Waals surface area contributed by atoms with Crippen molar-refractivity contribution in [3.8, 4) is 0 Å². The largest absolute Gasteiger partial charge is 0.467 e. The van der Waals surface area contributed by atoms with Gasteiger partial charge in [-0.2, -0.15) is 0 Å². The molecular formula is C16H21NO2. The number of nitrogens with one attached hydrogen (secondary N) is 1. The summed E-state index contributed by atoms with van der Waals surface area (Å²) in [4.78, 5) is 0. The Morgan fingerprint density at radius 3 is 2.79 bits per heavy atom. The average molecular weight is 259 g/mol. The van der Waals surface area contributed by atoms with Crippen LogP contribution in [0.2, 0.25) is 0 Å². The van der Waals surface area contributed by atoms with Crippen molar-refractivity contribution < 1.29 is 9.15 Å². The third-order valence-corrected chi connectivity index (χ3v) is 2.93. The van der Waals surface area contributed by atoms with E-state index in [2.05, 4.69) is 29.6 Å². The number of hydrogen-bond donors (Lipinski definition) is 1. The van der Waals surface area contributed by atoms with Crippen LogP contribution in [0.1, 0.15) is 23.3 Å². The van der Waals surface area contributed by atoms with Crippen molar-refractivity contribution in [3.63, 3.8) is 0 Å². The summed E-state index contributed by atoms with van der Waals surface area (Å²) in [5.74, 6) is 0.893. The molecule has 102 valence electrons. The van der Waals surface area contributed by atoms with E-state index >= 15 is 0 Å². The summed E-state index contributed by atoms with van der Waals surface area (Å²) in [6.07, 6.45) is 3.87. The molecular weight excluding hydrogens is 238 g/mol. The second-order valence-corrected chi connectivity index (χ2v) is 4.59. The minimum atomic E-state index is 0.554. The monoisotopic (exact) mass is 259 g/mol. The third-order valence-electron chi connectivity index (χ3n) is 2.93. The first-order valence-electron chi connectivity index (χ1n) is 6.71. The predicted molar refractivity (Wildman–Crippen MR) is 75.9 cm³/mol. The molecule has 0 aliphatic rings. The number of furan rings is 1. The second kappa shape index (κ2) is 7.77. The molecule has 0 spiro atoms. The van der Waals surface area contributed by atoms with Crippen LogP contribution in [0.25, 0.3) is 0 Å². The van der Waals surface area contributed by atoms with Crippen molar-refractivity contribution >= 4 is 0 Å². The van der Waals surface area contributed by atoms with Crippen molar-refractivity contribution in [2.45, 2.75) is 26.0 Å². The van der Waals surface area contributed by atoms with Gasteiger partial charge in [0.25, 0.3) is 0 Å². The Morgan fingerprint density at radius 1 is 1.16 bits per heavy atom. The minimum Gasteiger partial charge on any atom is -0.467 e. The van der Waals surface area contributed by atoms with E-state index in [1.54, 1.807) is 6.26 Å². The zero-order valence-electron chi connectivity index (χ0n) is 11.4. The normalized spacial score (nSPS) is 10.8. The number of hydrogen-bond acceptors (Lipinski definition) is 3. The lowest BCUT2D eigenvalue weighted by Crippen LogP contribution is -2.03. The molecule has 19 heavy (non-hydrogen) atoms. The van der Waals surface area contributed by atoms with Gasteiger partial charge in [0.2, 0.25) is 0 Å². The number of rotatable bonds is 8. The minimum absolute atomic E-state index is 0.554. The Hall–Kier alpha value is -1.58. The molecule has 1 aromatic carbocycles. The van der Waals surface area contributed by atoms with Gasteiger partial charge in [-0.15, -0.1) is 0 Å². The molecule has 2 rings (SSSR count). The molecule has 3 nitrogen and oxygen atoms in total. The Morgan fingerprint density at radius 2 is 2.00 bits per heavy atom. The molecule has 0 aliphatic carbocycles. The molecule has 0 atom stereocenters. The lowest BCUT2D eigenvalue weighted by Gasteiger charge is -2.02. The highest BCUT2D eigenvalue weighted by Crippen LogP contribution is 2.09. The SMILES string of the molecule is CNCc1coc(COCCCc2ccccc2)c1. The Labute approximate surface area is 114 Å². The number of aryl methyl sites for hydroxylation is 1. The maximum atomic E-state index is 5.62. The molecule has 0 saturated carbocycles. The Balaban J connectivity index is 1.61. The summed E-state index contributed by atoms with van der Waals surface area (Å²) in [6.45, 7) is 2.15. The van der Waals surface area contributed by atoms with Crippen molar-refractivity contribution in [1.29, 1.82) is 0 Å². The fourth-order valence-electron chi connectivity index (χ4n) is 1.99. The maximum absolute atomic E-state index is 5.62. The van der Waals surface area contributed by atoms with E-state index in [-0.39, 0.29) is 0 Å². The van der Waals surface area contributed by atoms with Crippen LogP contribution in [-0.2, 0) is 24.3 Å². The average Bonchev–Trinajstić information content (AvgIpc) is 2.88. The summed E-state index contributed by atoms with van der Waals surface area (Å²) in [5, 5.41) is 3.09. The van der Waals surface area contributed by atoms with Gasteiger partial charge in [0.15, 0.2) is 0 Å². The van der Waals surface area contributed by atoms with Crippen LogP contribution in [0, 0.1) is 0 Å². The van der Waals surface area contributed by atoms with E-state index in [9.17, 15) is 0 Å². The Kier molecular flexibility index (Phi) is 5.66. The number of ether oxygens (including phenoxy) is 1. The highest BCUT2D eigenvalue weighted by atomic mass is 16.5. The quantitative estimate of drug-likeness (QED) is 0.739.